The van der Waals surface area contributed by atoms with Gasteiger partial charge in [0.05, 0.1) is 0 Å². The van der Waals surface area contributed by atoms with Gasteiger partial charge in [0.1, 0.15) is 18.7 Å². The molecule has 0 bridgehead atoms. The molecule has 0 aromatic rings. The van der Waals surface area contributed by atoms with Crippen molar-refractivity contribution in [3.05, 3.63) is 11.6 Å². The molecular formula is C39H79N7O2. The largest absolute Gasteiger partial charge is 0.446 e. The van der Waals surface area contributed by atoms with Gasteiger partial charge in [-0.15, -0.1) is 0 Å². The van der Waals surface area contributed by atoms with Crippen LogP contribution in [0.25, 0.3) is 0 Å². The van der Waals surface area contributed by atoms with E-state index < -0.39 is 12.6 Å². The monoisotopic (exact) mass is 678 g/mol. The van der Waals surface area contributed by atoms with E-state index in [9.17, 15) is 4.79 Å². The number of hydrogen-bond acceptors (Lipinski definition) is 8. The lowest BCUT2D eigenvalue weighted by Crippen LogP contribution is -2.51. The third-order valence-electron chi connectivity index (χ3n) is 13.0. The molecule has 9 heteroatoms. The summed E-state index contributed by atoms with van der Waals surface area (Å²) in [7, 11) is 0. The lowest BCUT2D eigenvalue weighted by Gasteiger charge is -2.58. The zero-order chi connectivity index (χ0) is 33.5. The summed E-state index contributed by atoms with van der Waals surface area (Å²) in [5, 5.41) is 6.07. The predicted octanol–water partition coefficient (Wildman–Crippen LogP) is 6.86. The lowest BCUT2D eigenvalue weighted by atomic mass is 9.47. The van der Waals surface area contributed by atoms with E-state index in [1.165, 1.54) is 51.4 Å². The smallest absolute Gasteiger partial charge is 0.410 e. The van der Waals surface area contributed by atoms with Gasteiger partial charge in [0, 0.05) is 19.5 Å². The van der Waals surface area contributed by atoms with E-state index in [1.54, 1.807) is 5.57 Å². The summed E-state index contributed by atoms with van der Waals surface area (Å²) in [4.78, 5) is 15.3. The SMILES string of the molecule is C.C.CC(C)CCCC(C)C1CCC2C3CC=C4CC(OC(=O)N(CCCCNC(N)N)CCCNC(N)N)CCC4(C)C3CCC12C. The highest BCUT2D eigenvalue weighted by Crippen LogP contribution is 2.67. The second kappa shape index (κ2) is 19.4. The van der Waals surface area contributed by atoms with Crippen molar-refractivity contribution in [3.8, 4) is 0 Å². The number of carbonyl (C=O) groups is 1. The van der Waals surface area contributed by atoms with Crippen molar-refractivity contribution in [1.82, 2.24) is 15.5 Å². The number of hydrogen-bond donors (Lipinski definition) is 6. The minimum absolute atomic E-state index is 0. The molecule has 4 aliphatic rings. The van der Waals surface area contributed by atoms with E-state index in [-0.39, 0.29) is 32.5 Å². The van der Waals surface area contributed by atoms with Gasteiger partial charge in [-0.3, -0.25) is 10.6 Å². The molecule has 3 fully saturated rings. The van der Waals surface area contributed by atoms with Crippen molar-refractivity contribution in [2.24, 2.45) is 69.3 Å². The van der Waals surface area contributed by atoms with Crippen LogP contribution in [0.5, 0.6) is 0 Å². The average Bonchev–Trinajstić information content (AvgIpc) is 3.35. The Hall–Kier alpha value is -1.23. The van der Waals surface area contributed by atoms with Crippen LogP contribution < -0.4 is 33.6 Å². The van der Waals surface area contributed by atoms with Gasteiger partial charge in [-0.1, -0.05) is 80.4 Å². The number of unbranched alkanes of at least 4 members (excludes halogenated alkanes) is 1. The zero-order valence-electron chi connectivity index (χ0n) is 30.1. The summed E-state index contributed by atoms with van der Waals surface area (Å²) < 4.78 is 6.25. The fraction of sp³-hybridized carbons (Fsp3) is 0.923. The van der Waals surface area contributed by atoms with Crippen LogP contribution in [0.2, 0.25) is 0 Å². The molecule has 4 rings (SSSR count). The van der Waals surface area contributed by atoms with Crippen molar-refractivity contribution in [1.29, 1.82) is 0 Å². The highest BCUT2D eigenvalue weighted by molar-refractivity contribution is 5.67. The third-order valence-corrected chi connectivity index (χ3v) is 13.0. The standard InChI is InChI=1S/C37H71N7O2.2CH4/c1-25(2)10-8-11-26(3)30-14-15-31-29-13-12-27-24-28(16-18-36(27,4)32(29)17-19-37(30,31)5)46-35(45)44(23-9-21-43-34(40)41)22-7-6-20-42-33(38)39;;/h12,25-26,28-34,42-43H,6-11,13-24,38-41H2,1-5H3;2*1H4. The van der Waals surface area contributed by atoms with Gasteiger partial charge >= 0.3 is 6.09 Å². The Bertz CT molecular complexity index is 989. The van der Waals surface area contributed by atoms with Gasteiger partial charge in [0.15, 0.2) is 0 Å². The van der Waals surface area contributed by atoms with Gasteiger partial charge < -0.3 is 32.6 Å². The van der Waals surface area contributed by atoms with Gasteiger partial charge in [-0.2, -0.15) is 0 Å². The predicted molar refractivity (Wildman–Crippen MR) is 203 cm³/mol. The molecule has 8 unspecified atom stereocenters. The Morgan fingerprint density at radius 1 is 0.875 bits per heavy atom. The van der Waals surface area contributed by atoms with Crippen LogP contribution in [0.1, 0.15) is 139 Å². The molecule has 0 aliphatic heterocycles. The number of nitrogens with two attached hydrogens (primary N) is 4. The van der Waals surface area contributed by atoms with Crippen molar-refractivity contribution in [2.75, 3.05) is 26.2 Å². The van der Waals surface area contributed by atoms with Crippen LogP contribution in [0.15, 0.2) is 11.6 Å². The molecule has 48 heavy (non-hydrogen) atoms. The molecule has 0 heterocycles. The number of nitrogens with zero attached hydrogens (tertiary/aromatic N) is 1. The second-order valence-electron chi connectivity index (χ2n) is 16.5. The Kier molecular flexibility index (Phi) is 17.4. The molecule has 4 aliphatic carbocycles. The van der Waals surface area contributed by atoms with Crippen molar-refractivity contribution < 1.29 is 9.53 Å². The summed E-state index contributed by atoms with van der Waals surface area (Å²) in [5.41, 5.74) is 24.8. The molecule has 1 amide bonds. The zero-order valence-corrected chi connectivity index (χ0v) is 30.1. The molecule has 282 valence electrons. The number of carbonyl (C=O) groups excluding carboxylic acids is 1. The Morgan fingerprint density at radius 2 is 1.54 bits per heavy atom. The minimum Gasteiger partial charge on any atom is -0.446 e. The summed E-state index contributed by atoms with van der Waals surface area (Å²) in [6.45, 7) is 15.1. The summed E-state index contributed by atoms with van der Waals surface area (Å²) in [6, 6.07) is 0. The molecule has 0 saturated heterocycles. The Labute approximate surface area is 295 Å². The quantitative estimate of drug-likeness (QED) is 0.0554. The number of fused-ring (bicyclic) bond motifs is 5. The van der Waals surface area contributed by atoms with E-state index in [2.05, 4.69) is 51.3 Å². The van der Waals surface area contributed by atoms with Crippen LogP contribution in [-0.4, -0.2) is 55.9 Å². The van der Waals surface area contributed by atoms with Gasteiger partial charge in [-0.05, 0) is 124 Å². The number of nitrogens with one attached hydrogen (secondary N) is 2. The first kappa shape index (κ1) is 42.9. The molecule has 0 radical (unpaired) electrons. The van der Waals surface area contributed by atoms with E-state index in [0.29, 0.717) is 25.0 Å². The van der Waals surface area contributed by atoms with Crippen LogP contribution in [0, 0.1) is 46.3 Å². The lowest BCUT2D eigenvalue weighted by molar-refractivity contribution is -0.0593. The molecule has 0 spiro atoms. The van der Waals surface area contributed by atoms with Gasteiger partial charge in [0.25, 0.3) is 0 Å². The fourth-order valence-corrected chi connectivity index (χ4v) is 10.5. The summed E-state index contributed by atoms with van der Waals surface area (Å²) in [6.07, 6.45) is 17.7. The number of amides is 1. The number of allylic oxidation sites excluding steroid dienone is 1. The first-order valence-corrected chi connectivity index (χ1v) is 19.0. The van der Waals surface area contributed by atoms with E-state index >= 15 is 0 Å². The highest BCUT2D eigenvalue weighted by Gasteiger charge is 2.59. The molecule has 0 aromatic carbocycles. The molecule has 3 saturated carbocycles. The van der Waals surface area contributed by atoms with Crippen LogP contribution in [-0.2, 0) is 4.74 Å². The molecular weight excluding hydrogens is 598 g/mol. The Morgan fingerprint density at radius 3 is 2.21 bits per heavy atom. The third kappa shape index (κ3) is 10.6. The van der Waals surface area contributed by atoms with Gasteiger partial charge in [0.2, 0.25) is 0 Å². The van der Waals surface area contributed by atoms with E-state index in [4.69, 9.17) is 27.7 Å². The summed E-state index contributed by atoms with van der Waals surface area (Å²) >= 11 is 0. The summed E-state index contributed by atoms with van der Waals surface area (Å²) in [5.74, 6) is 4.99. The van der Waals surface area contributed by atoms with Crippen LogP contribution in [0.4, 0.5) is 4.79 Å². The molecule has 0 aromatic heterocycles. The number of rotatable bonds is 17. The Balaban J connectivity index is 0.00000400. The van der Waals surface area contributed by atoms with Crippen LogP contribution >= 0.6 is 0 Å². The van der Waals surface area contributed by atoms with Crippen molar-refractivity contribution in [2.45, 2.75) is 158 Å². The maximum Gasteiger partial charge on any atom is 0.410 e. The molecule has 8 atom stereocenters. The first-order chi connectivity index (χ1) is 21.8. The topological polar surface area (TPSA) is 158 Å². The highest BCUT2D eigenvalue weighted by atomic mass is 16.6. The average molecular weight is 678 g/mol. The van der Waals surface area contributed by atoms with E-state index in [0.717, 1.165) is 80.6 Å². The first-order valence-electron chi connectivity index (χ1n) is 19.0. The maximum atomic E-state index is 13.5. The molecule has 10 N–H and O–H groups in total. The van der Waals surface area contributed by atoms with Gasteiger partial charge in [-0.25, -0.2) is 4.79 Å². The normalized spacial score (nSPS) is 31.7. The number of ether oxygens (including phenoxy) is 1. The van der Waals surface area contributed by atoms with Crippen LogP contribution in [0.3, 0.4) is 0 Å². The molecule has 9 nitrogen and oxygen atoms in total. The second-order valence-corrected chi connectivity index (χ2v) is 16.5. The van der Waals surface area contributed by atoms with Crippen molar-refractivity contribution in [3.63, 3.8) is 0 Å². The van der Waals surface area contributed by atoms with E-state index in [1.807, 2.05) is 4.90 Å². The fourth-order valence-electron chi connectivity index (χ4n) is 10.5. The minimum atomic E-state index is -0.553. The maximum absolute atomic E-state index is 13.5. The van der Waals surface area contributed by atoms with Crippen molar-refractivity contribution >= 4 is 6.09 Å².